The second-order valence-electron chi connectivity index (χ2n) is 5.85. The van der Waals surface area contributed by atoms with Crippen molar-refractivity contribution in [1.29, 1.82) is 0 Å². The maximum absolute atomic E-state index is 12.8. The lowest BCUT2D eigenvalue weighted by molar-refractivity contribution is -0.906. The minimum Gasteiger partial charge on any atom is -0.370 e. The zero-order valence-electron chi connectivity index (χ0n) is 13.8. The molecular formula is C19H24N3O2+. The van der Waals surface area contributed by atoms with Crippen LogP contribution in [0.4, 0.5) is 16.2 Å². The quantitative estimate of drug-likeness (QED) is 0.874. The Morgan fingerprint density at radius 3 is 2.04 bits per heavy atom. The summed E-state index contributed by atoms with van der Waals surface area (Å²) in [5.41, 5.74) is 1.72. The van der Waals surface area contributed by atoms with Crippen LogP contribution >= 0.6 is 0 Å². The number of rotatable bonds is 5. The van der Waals surface area contributed by atoms with E-state index in [1.54, 1.807) is 4.90 Å². The van der Waals surface area contributed by atoms with Gasteiger partial charge in [0.2, 0.25) is 0 Å². The Morgan fingerprint density at radius 2 is 1.50 bits per heavy atom. The van der Waals surface area contributed by atoms with Crippen molar-refractivity contribution in [2.45, 2.75) is 0 Å². The van der Waals surface area contributed by atoms with E-state index in [1.807, 2.05) is 60.7 Å². The highest BCUT2D eigenvalue weighted by atomic mass is 16.5. The molecule has 1 aliphatic rings. The van der Waals surface area contributed by atoms with Gasteiger partial charge in [-0.1, -0.05) is 36.4 Å². The summed E-state index contributed by atoms with van der Waals surface area (Å²) in [6, 6.07) is 19.3. The van der Waals surface area contributed by atoms with E-state index in [-0.39, 0.29) is 6.03 Å². The van der Waals surface area contributed by atoms with E-state index in [2.05, 4.69) is 5.32 Å². The normalized spacial score (nSPS) is 15.0. The number of hydrogen-bond acceptors (Lipinski definition) is 2. The van der Waals surface area contributed by atoms with Crippen LogP contribution in [0, 0.1) is 0 Å². The summed E-state index contributed by atoms with van der Waals surface area (Å²) in [6.45, 7) is 5.22. The lowest BCUT2D eigenvalue weighted by atomic mass is 10.2. The first-order valence-corrected chi connectivity index (χ1v) is 8.44. The largest absolute Gasteiger partial charge is 0.370 e. The first-order chi connectivity index (χ1) is 11.8. The van der Waals surface area contributed by atoms with E-state index in [4.69, 9.17) is 4.74 Å². The highest BCUT2D eigenvalue weighted by Gasteiger charge is 2.18. The Kier molecular flexibility index (Phi) is 5.82. The van der Waals surface area contributed by atoms with Crippen molar-refractivity contribution in [3.05, 3.63) is 60.7 Å². The van der Waals surface area contributed by atoms with Gasteiger partial charge in [0, 0.05) is 0 Å². The van der Waals surface area contributed by atoms with Crippen molar-refractivity contribution >= 4 is 17.4 Å². The Bertz CT molecular complexity index is 588. The molecule has 2 aromatic carbocycles. The van der Waals surface area contributed by atoms with Crippen LogP contribution in [0.1, 0.15) is 0 Å². The molecule has 0 atom stereocenters. The average Bonchev–Trinajstić information content (AvgIpc) is 2.65. The van der Waals surface area contributed by atoms with Gasteiger partial charge >= 0.3 is 6.03 Å². The molecule has 3 rings (SSSR count). The minimum atomic E-state index is -0.0972. The fourth-order valence-electron chi connectivity index (χ4n) is 2.87. The molecule has 2 aromatic rings. The van der Waals surface area contributed by atoms with Crippen LogP contribution in [0.3, 0.4) is 0 Å². The van der Waals surface area contributed by atoms with Crippen LogP contribution in [0.15, 0.2) is 60.7 Å². The predicted octanol–water partition coefficient (Wildman–Crippen LogP) is 1.45. The summed E-state index contributed by atoms with van der Waals surface area (Å²) in [4.78, 5) is 16.0. The number of benzene rings is 2. The third kappa shape index (κ3) is 4.34. The molecule has 0 saturated carbocycles. The summed E-state index contributed by atoms with van der Waals surface area (Å²) >= 11 is 0. The molecule has 1 heterocycles. The van der Waals surface area contributed by atoms with E-state index in [9.17, 15) is 4.79 Å². The first kappa shape index (κ1) is 16.5. The molecule has 5 nitrogen and oxygen atoms in total. The summed E-state index contributed by atoms with van der Waals surface area (Å²) in [5.74, 6) is 0. The van der Waals surface area contributed by atoms with Gasteiger partial charge in [-0.05, 0) is 24.3 Å². The van der Waals surface area contributed by atoms with Crippen molar-refractivity contribution in [1.82, 2.24) is 5.32 Å². The van der Waals surface area contributed by atoms with Gasteiger partial charge in [0.25, 0.3) is 0 Å². The lowest BCUT2D eigenvalue weighted by Crippen LogP contribution is -3.14. The van der Waals surface area contributed by atoms with Crippen molar-refractivity contribution < 1.29 is 14.4 Å². The summed E-state index contributed by atoms with van der Waals surface area (Å²) in [5, 5.41) is 3.05. The standard InChI is InChI=1S/C19H23N3O2/c23-19(20-11-12-21-13-15-24-16-14-21)22(17-7-3-1-4-8-17)18-9-5-2-6-10-18/h1-10H,11-16H2,(H,20,23)/p+1. The Balaban J connectivity index is 1.65. The highest BCUT2D eigenvalue weighted by molar-refractivity contribution is 5.99. The van der Waals surface area contributed by atoms with Crippen molar-refractivity contribution in [2.75, 3.05) is 44.3 Å². The topological polar surface area (TPSA) is 46.0 Å². The number of morpholine rings is 1. The molecule has 24 heavy (non-hydrogen) atoms. The number of amides is 2. The molecule has 2 N–H and O–H groups in total. The monoisotopic (exact) mass is 326 g/mol. The van der Waals surface area contributed by atoms with Gasteiger partial charge in [-0.25, -0.2) is 4.79 Å². The van der Waals surface area contributed by atoms with Crippen LogP contribution in [-0.2, 0) is 4.74 Å². The van der Waals surface area contributed by atoms with E-state index in [1.165, 1.54) is 4.90 Å². The molecule has 2 amide bonds. The minimum absolute atomic E-state index is 0.0972. The van der Waals surface area contributed by atoms with E-state index < -0.39 is 0 Å². The number of quaternary nitrogens is 1. The fraction of sp³-hybridized carbons (Fsp3) is 0.316. The predicted molar refractivity (Wildman–Crippen MR) is 94.8 cm³/mol. The van der Waals surface area contributed by atoms with E-state index >= 15 is 0 Å². The number of ether oxygens (including phenoxy) is 1. The van der Waals surface area contributed by atoms with Gasteiger partial charge in [0.05, 0.1) is 37.7 Å². The lowest BCUT2D eigenvalue weighted by Gasteiger charge is -2.26. The molecule has 1 fully saturated rings. The zero-order valence-corrected chi connectivity index (χ0v) is 13.8. The van der Waals surface area contributed by atoms with Crippen LogP contribution in [0.5, 0.6) is 0 Å². The first-order valence-electron chi connectivity index (χ1n) is 8.44. The molecule has 126 valence electrons. The fourth-order valence-corrected chi connectivity index (χ4v) is 2.87. The van der Waals surface area contributed by atoms with Crippen LogP contribution < -0.4 is 15.1 Å². The van der Waals surface area contributed by atoms with Gasteiger partial charge in [-0.3, -0.25) is 4.90 Å². The number of hydrogen-bond donors (Lipinski definition) is 2. The second kappa shape index (κ2) is 8.47. The van der Waals surface area contributed by atoms with Gasteiger partial charge in [0.15, 0.2) is 0 Å². The van der Waals surface area contributed by atoms with Gasteiger partial charge in [-0.2, -0.15) is 0 Å². The van der Waals surface area contributed by atoms with Gasteiger partial charge < -0.3 is 15.0 Å². The number of nitrogens with zero attached hydrogens (tertiary/aromatic N) is 1. The average molecular weight is 326 g/mol. The Morgan fingerprint density at radius 1 is 0.958 bits per heavy atom. The summed E-state index contributed by atoms with van der Waals surface area (Å²) in [7, 11) is 0. The SMILES string of the molecule is O=C(NCC[NH+]1CCOCC1)N(c1ccccc1)c1ccccc1. The van der Waals surface area contributed by atoms with E-state index in [0.717, 1.165) is 44.2 Å². The Hall–Kier alpha value is -2.37. The molecule has 1 aliphatic heterocycles. The molecular weight excluding hydrogens is 302 g/mol. The van der Waals surface area contributed by atoms with Crippen LogP contribution in [-0.4, -0.2) is 45.4 Å². The van der Waals surface area contributed by atoms with Crippen molar-refractivity contribution in [3.63, 3.8) is 0 Å². The van der Waals surface area contributed by atoms with Crippen molar-refractivity contribution in [2.24, 2.45) is 0 Å². The molecule has 0 unspecified atom stereocenters. The molecule has 0 radical (unpaired) electrons. The molecule has 0 aromatic heterocycles. The second-order valence-corrected chi connectivity index (χ2v) is 5.85. The molecule has 0 bridgehead atoms. The maximum Gasteiger partial charge on any atom is 0.326 e. The van der Waals surface area contributed by atoms with Crippen LogP contribution in [0.2, 0.25) is 0 Å². The molecule has 5 heteroatoms. The molecule has 0 spiro atoms. The smallest absolute Gasteiger partial charge is 0.326 e. The van der Waals surface area contributed by atoms with Gasteiger partial charge in [-0.15, -0.1) is 0 Å². The zero-order chi connectivity index (χ0) is 16.6. The maximum atomic E-state index is 12.8. The number of anilines is 2. The van der Waals surface area contributed by atoms with E-state index in [0.29, 0.717) is 6.54 Å². The van der Waals surface area contributed by atoms with Gasteiger partial charge in [0.1, 0.15) is 13.1 Å². The number of urea groups is 1. The number of para-hydroxylation sites is 2. The third-order valence-corrected chi connectivity index (χ3v) is 4.19. The molecule has 0 aliphatic carbocycles. The molecule has 1 saturated heterocycles. The highest BCUT2D eigenvalue weighted by Crippen LogP contribution is 2.24. The number of carbonyl (C=O) groups excluding carboxylic acids is 1. The van der Waals surface area contributed by atoms with Crippen molar-refractivity contribution in [3.8, 4) is 0 Å². The summed E-state index contributed by atoms with van der Waals surface area (Å²) < 4.78 is 5.36. The Labute approximate surface area is 142 Å². The van der Waals surface area contributed by atoms with Crippen LogP contribution in [0.25, 0.3) is 0 Å². The third-order valence-electron chi connectivity index (χ3n) is 4.19. The summed E-state index contributed by atoms with van der Waals surface area (Å²) in [6.07, 6.45) is 0. The number of nitrogens with one attached hydrogen (secondary N) is 2. The number of carbonyl (C=O) groups is 1.